The molecule has 4 nitrogen and oxygen atoms in total. The Labute approximate surface area is 142 Å². The van der Waals surface area contributed by atoms with Crippen molar-refractivity contribution < 1.29 is 19.1 Å². The van der Waals surface area contributed by atoms with Crippen LogP contribution in [0.2, 0.25) is 0 Å². The van der Waals surface area contributed by atoms with Crippen molar-refractivity contribution in [2.24, 2.45) is 0 Å². The summed E-state index contributed by atoms with van der Waals surface area (Å²) in [6, 6.07) is 14.0. The van der Waals surface area contributed by atoms with Crippen LogP contribution in [0.15, 0.2) is 65.7 Å². The zero-order chi connectivity index (χ0) is 16.7. The number of carbonyl (C=O) groups excluding carboxylic acids is 2. The minimum atomic E-state index is -0.482. The number of esters is 1. The summed E-state index contributed by atoms with van der Waals surface area (Å²) in [5, 5.41) is 0. The molecule has 0 aliphatic heterocycles. The Bertz CT molecular complexity index is 690. The molecule has 0 aliphatic carbocycles. The van der Waals surface area contributed by atoms with Crippen LogP contribution in [0.1, 0.15) is 15.9 Å². The normalized spacial score (nSPS) is 9.96. The summed E-state index contributed by atoms with van der Waals surface area (Å²) in [5.74, 6) is 0.0695. The van der Waals surface area contributed by atoms with Gasteiger partial charge < -0.3 is 9.47 Å². The van der Waals surface area contributed by atoms with Crippen molar-refractivity contribution in [2.75, 3.05) is 13.2 Å². The van der Waals surface area contributed by atoms with E-state index < -0.39 is 5.97 Å². The van der Waals surface area contributed by atoms with Crippen LogP contribution in [0, 0.1) is 0 Å². The van der Waals surface area contributed by atoms with E-state index in [-0.39, 0.29) is 19.0 Å². The van der Waals surface area contributed by atoms with Gasteiger partial charge in [0.25, 0.3) is 0 Å². The molecule has 0 bridgehead atoms. The molecule has 0 atom stereocenters. The van der Waals surface area contributed by atoms with E-state index in [2.05, 4.69) is 22.5 Å². The van der Waals surface area contributed by atoms with Crippen molar-refractivity contribution in [2.45, 2.75) is 0 Å². The molecule has 0 fully saturated rings. The minimum Gasteiger partial charge on any atom is -0.490 e. The average Bonchev–Trinajstić information content (AvgIpc) is 2.59. The Hall–Kier alpha value is -2.40. The van der Waals surface area contributed by atoms with Gasteiger partial charge in [0, 0.05) is 21.7 Å². The van der Waals surface area contributed by atoms with Crippen LogP contribution in [-0.2, 0) is 9.53 Å². The second-order valence-electron chi connectivity index (χ2n) is 4.58. The van der Waals surface area contributed by atoms with Crippen LogP contribution in [0.5, 0.6) is 5.75 Å². The maximum absolute atomic E-state index is 12.3. The highest BCUT2D eigenvalue weighted by Gasteiger charge is 2.09. The lowest BCUT2D eigenvalue weighted by Gasteiger charge is -2.07. The van der Waals surface area contributed by atoms with E-state index in [4.69, 9.17) is 9.47 Å². The maximum atomic E-state index is 12.3. The lowest BCUT2D eigenvalue weighted by Crippen LogP contribution is -2.10. The van der Waals surface area contributed by atoms with Crippen molar-refractivity contribution in [3.05, 3.63) is 76.8 Å². The van der Waals surface area contributed by atoms with Crippen LogP contribution < -0.4 is 4.74 Å². The van der Waals surface area contributed by atoms with Gasteiger partial charge in [-0.15, -0.1) is 0 Å². The zero-order valence-corrected chi connectivity index (χ0v) is 13.9. The third-order valence-corrected chi connectivity index (χ3v) is 3.51. The predicted molar refractivity (Wildman–Crippen MR) is 90.7 cm³/mol. The largest absolute Gasteiger partial charge is 0.490 e. The van der Waals surface area contributed by atoms with Gasteiger partial charge in [-0.1, -0.05) is 22.5 Å². The molecule has 0 unspecified atom stereocenters. The number of benzene rings is 2. The molecular formula is C18H15BrO4. The minimum absolute atomic E-state index is 0.0519. The van der Waals surface area contributed by atoms with Crippen molar-refractivity contribution in [1.29, 1.82) is 0 Å². The molecule has 0 saturated heterocycles. The van der Waals surface area contributed by atoms with Gasteiger partial charge in [-0.05, 0) is 48.5 Å². The summed E-state index contributed by atoms with van der Waals surface area (Å²) in [5.41, 5.74) is 1.20. The SMILES string of the molecule is C=CC(=O)OCCOc1ccc(C(=O)c2ccc(Br)cc2)cc1. The standard InChI is InChI=1S/C18H15BrO4/c1-2-17(20)23-12-11-22-16-9-5-14(6-10-16)18(21)13-3-7-15(19)8-4-13/h2-10H,1,11-12H2. The number of carbonyl (C=O) groups is 2. The monoisotopic (exact) mass is 374 g/mol. The molecule has 0 N–H and O–H groups in total. The van der Waals surface area contributed by atoms with Crippen LogP contribution in [0.25, 0.3) is 0 Å². The van der Waals surface area contributed by atoms with Gasteiger partial charge in [0.15, 0.2) is 5.78 Å². The number of ether oxygens (including phenoxy) is 2. The van der Waals surface area contributed by atoms with Gasteiger partial charge in [0.2, 0.25) is 0 Å². The van der Waals surface area contributed by atoms with Crippen LogP contribution >= 0.6 is 15.9 Å². The van der Waals surface area contributed by atoms with Crippen LogP contribution in [0.4, 0.5) is 0 Å². The van der Waals surface area contributed by atoms with Crippen LogP contribution in [-0.4, -0.2) is 25.0 Å². The molecule has 0 spiro atoms. The highest BCUT2D eigenvalue weighted by atomic mass is 79.9. The first kappa shape index (κ1) is 17.0. The van der Waals surface area contributed by atoms with Gasteiger partial charge in [-0.25, -0.2) is 4.79 Å². The number of hydrogen-bond donors (Lipinski definition) is 0. The molecular weight excluding hydrogens is 360 g/mol. The van der Waals surface area contributed by atoms with Gasteiger partial charge in [0.1, 0.15) is 19.0 Å². The first-order valence-corrected chi connectivity index (χ1v) is 7.72. The summed E-state index contributed by atoms with van der Waals surface area (Å²) in [6.07, 6.45) is 1.10. The van der Waals surface area contributed by atoms with Gasteiger partial charge in [-0.2, -0.15) is 0 Å². The molecule has 0 aliphatic rings. The number of halogens is 1. The van der Waals surface area contributed by atoms with Gasteiger partial charge in [-0.3, -0.25) is 4.79 Å². The Morgan fingerprint density at radius 3 is 2.09 bits per heavy atom. The summed E-state index contributed by atoms with van der Waals surface area (Å²) in [4.78, 5) is 23.2. The molecule has 0 amide bonds. The maximum Gasteiger partial charge on any atom is 0.330 e. The first-order chi connectivity index (χ1) is 11.1. The molecule has 2 aromatic rings. The Morgan fingerprint density at radius 2 is 1.52 bits per heavy atom. The van der Waals surface area contributed by atoms with Crippen molar-refractivity contribution in [3.63, 3.8) is 0 Å². The number of hydrogen-bond acceptors (Lipinski definition) is 4. The molecule has 23 heavy (non-hydrogen) atoms. The summed E-state index contributed by atoms with van der Waals surface area (Å²) < 4.78 is 11.2. The number of rotatable bonds is 7. The van der Waals surface area contributed by atoms with Crippen molar-refractivity contribution >= 4 is 27.7 Å². The molecule has 118 valence electrons. The Balaban J connectivity index is 1.91. The lowest BCUT2D eigenvalue weighted by molar-refractivity contribution is -0.138. The third kappa shape index (κ3) is 5.07. The number of ketones is 1. The molecule has 0 aromatic heterocycles. The third-order valence-electron chi connectivity index (χ3n) is 2.99. The van der Waals surface area contributed by atoms with Gasteiger partial charge >= 0.3 is 5.97 Å². The average molecular weight is 375 g/mol. The highest BCUT2D eigenvalue weighted by molar-refractivity contribution is 9.10. The second-order valence-corrected chi connectivity index (χ2v) is 5.50. The topological polar surface area (TPSA) is 52.6 Å². The summed E-state index contributed by atoms with van der Waals surface area (Å²) in [7, 11) is 0. The first-order valence-electron chi connectivity index (χ1n) is 6.92. The smallest absolute Gasteiger partial charge is 0.330 e. The lowest BCUT2D eigenvalue weighted by atomic mass is 10.0. The fourth-order valence-electron chi connectivity index (χ4n) is 1.83. The quantitative estimate of drug-likeness (QED) is 0.320. The van der Waals surface area contributed by atoms with E-state index in [1.54, 1.807) is 36.4 Å². The van der Waals surface area contributed by atoms with E-state index in [1.165, 1.54) is 0 Å². The highest BCUT2D eigenvalue weighted by Crippen LogP contribution is 2.17. The van der Waals surface area contributed by atoms with E-state index in [0.29, 0.717) is 16.9 Å². The fourth-order valence-corrected chi connectivity index (χ4v) is 2.10. The van der Waals surface area contributed by atoms with Crippen LogP contribution in [0.3, 0.4) is 0 Å². The zero-order valence-electron chi connectivity index (χ0n) is 12.3. The predicted octanol–water partition coefficient (Wildman–Crippen LogP) is 3.79. The summed E-state index contributed by atoms with van der Waals surface area (Å²) in [6.45, 7) is 3.68. The van der Waals surface area contributed by atoms with E-state index in [0.717, 1.165) is 10.5 Å². The molecule has 0 radical (unpaired) electrons. The summed E-state index contributed by atoms with van der Waals surface area (Å²) >= 11 is 3.34. The molecule has 0 saturated carbocycles. The van der Waals surface area contributed by atoms with Crippen molar-refractivity contribution in [3.8, 4) is 5.75 Å². The molecule has 2 aromatic carbocycles. The van der Waals surface area contributed by atoms with Gasteiger partial charge in [0.05, 0.1) is 0 Å². The molecule has 5 heteroatoms. The molecule has 2 rings (SSSR count). The Morgan fingerprint density at radius 1 is 0.957 bits per heavy atom. The molecule has 0 heterocycles. The van der Waals surface area contributed by atoms with E-state index in [1.807, 2.05) is 12.1 Å². The Kier molecular flexibility index (Phi) is 6.11. The fraction of sp³-hybridized carbons (Fsp3) is 0.111. The van der Waals surface area contributed by atoms with Crippen molar-refractivity contribution in [1.82, 2.24) is 0 Å². The van der Waals surface area contributed by atoms with E-state index >= 15 is 0 Å². The second kappa shape index (κ2) is 8.29. The van der Waals surface area contributed by atoms with E-state index in [9.17, 15) is 9.59 Å².